The average molecular weight is 425 g/mol. The third-order valence-corrected chi connectivity index (χ3v) is 6.42. The van der Waals surface area contributed by atoms with E-state index < -0.39 is 0 Å². The van der Waals surface area contributed by atoms with E-state index in [2.05, 4.69) is 41.1 Å². The molecule has 4 rings (SSSR count). The standard InChI is InChI=1S/C24H29N3O2S/c1-19-8-10-20(11-9-19)22-18-30-24(25-21-6-3-4-7-23(21)28-2)27(22)13-5-12-26-14-16-29-17-15-26/h3-4,6-11,18H,5,12-17H2,1-2H3/p+1. The van der Waals surface area contributed by atoms with Crippen LogP contribution >= 0.6 is 11.3 Å². The lowest BCUT2D eigenvalue weighted by molar-refractivity contribution is -0.908. The normalized spacial score (nSPS) is 15.5. The highest BCUT2D eigenvalue weighted by atomic mass is 32.1. The van der Waals surface area contributed by atoms with Gasteiger partial charge in [-0.15, -0.1) is 11.3 Å². The number of aromatic nitrogens is 1. The van der Waals surface area contributed by atoms with Crippen molar-refractivity contribution in [3.05, 3.63) is 64.3 Å². The SMILES string of the molecule is COc1ccccc1N=c1scc(-c2ccc(C)cc2)n1CCC[NH+]1CCOCC1. The van der Waals surface area contributed by atoms with Gasteiger partial charge in [0, 0.05) is 18.3 Å². The summed E-state index contributed by atoms with van der Waals surface area (Å²) in [6, 6.07) is 16.7. The van der Waals surface area contributed by atoms with E-state index in [4.69, 9.17) is 14.5 Å². The number of rotatable bonds is 7. The smallest absolute Gasteiger partial charge is 0.190 e. The van der Waals surface area contributed by atoms with Crippen molar-refractivity contribution in [1.29, 1.82) is 0 Å². The summed E-state index contributed by atoms with van der Waals surface area (Å²) in [5.41, 5.74) is 4.60. The van der Waals surface area contributed by atoms with Crippen molar-refractivity contribution in [2.45, 2.75) is 19.9 Å². The van der Waals surface area contributed by atoms with Crippen LogP contribution < -0.4 is 14.4 Å². The van der Waals surface area contributed by atoms with Crippen molar-refractivity contribution in [3.8, 4) is 17.0 Å². The fourth-order valence-corrected chi connectivity index (χ4v) is 4.76. The first-order valence-corrected chi connectivity index (χ1v) is 11.5. The zero-order chi connectivity index (χ0) is 20.8. The van der Waals surface area contributed by atoms with Gasteiger partial charge >= 0.3 is 0 Å². The topological polar surface area (TPSA) is 40.2 Å². The molecule has 1 aliphatic rings. The maximum Gasteiger partial charge on any atom is 0.190 e. The molecule has 158 valence electrons. The lowest BCUT2D eigenvalue weighted by Crippen LogP contribution is -3.14. The number of thiazole rings is 1. The summed E-state index contributed by atoms with van der Waals surface area (Å²) in [5, 5.41) is 2.22. The maximum absolute atomic E-state index is 5.51. The van der Waals surface area contributed by atoms with Crippen LogP contribution in [0.5, 0.6) is 5.75 Å². The van der Waals surface area contributed by atoms with E-state index in [0.29, 0.717) is 0 Å². The molecule has 2 aromatic carbocycles. The summed E-state index contributed by atoms with van der Waals surface area (Å²) < 4.78 is 13.4. The lowest BCUT2D eigenvalue weighted by Gasteiger charge is -2.23. The zero-order valence-electron chi connectivity index (χ0n) is 17.8. The summed E-state index contributed by atoms with van der Waals surface area (Å²) in [7, 11) is 1.69. The molecule has 1 aromatic heterocycles. The molecular weight excluding hydrogens is 394 g/mol. The van der Waals surface area contributed by atoms with Crippen LogP contribution in [0, 0.1) is 6.92 Å². The predicted molar refractivity (Wildman–Crippen MR) is 122 cm³/mol. The number of nitrogens with one attached hydrogen (secondary N) is 1. The molecule has 5 nitrogen and oxygen atoms in total. The number of hydrogen-bond donors (Lipinski definition) is 1. The highest BCUT2D eigenvalue weighted by molar-refractivity contribution is 7.07. The first-order valence-electron chi connectivity index (χ1n) is 10.6. The molecule has 1 aliphatic heterocycles. The van der Waals surface area contributed by atoms with Crippen LogP contribution in [0.4, 0.5) is 5.69 Å². The van der Waals surface area contributed by atoms with Gasteiger partial charge in [0.15, 0.2) is 4.80 Å². The lowest BCUT2D eigenvalue weighted by atomic mass is 10.1. The second-order valence-electron chi connectivity index (χ2n) is 7.67. The molecule has 0 atom stereocenters. The van der Waals surface area contributed by atoms with Gasteiger partial charge in [-0.2, -0.15) is 0 Å². The third kappa shape index (κ3) is 5.01. The van der Waals surface area contributed by atoms with Gasteiger partial charge in [-0.05, 0) is 24.6 Å². The van der Waals surface area contributed by atoms with Crippen LogP contribution in [0.25, 0.3) is 11.3 Å². The molecule has 0 radical (unpaired) electrons. The number of quaternary nitrogens is 1. The van der Waals surface area contributed by atoms with Crippen LogP contribution in [0.3, 0.4) is 0 Å². The van der Waals surface area contributed by atoms with Gasteiger partial charge in [0.05, 0.1) is 32.6 Å². The first-order chi connectivity index (χ1) is 14.7. The average Bonchev–Trinajstić information content (AvgIpc) is 3.18. The molecule has 1 fully saturated rings. The number of aryl methyl sites for hydroxylation is 1. The minimum Gasteiger partial charge on any atom is -0.494 e. The second kappa shape index (κ2) is 10.1. The van der Waals surface area contributed by atoms with Gasteiger partial charge in [0.25, 0.3) is 0 Å². The van der Waals surface area contributed by atoms with Crippen molar-refractivity contribution in [2.24, 2.45) is 4.99 Å². The predicted octanol–water partition coefficient (Wildman–Crippen LogP) is 3.07. The van der Waals surface area contributed by atoms with E-state index in [-0.39, 0.29) is 0 Å². The Morgan fingerprint density at radius 1 is 1.10 bits per heavy atom. The maximum atomic E-state index is 5.51. The summed E-state index contributed by atoms with van der Waals surface area (Å²) in [6.07, 6.45) is 1.12. The van der Waals surface area contributed by atoms with Gasteiger partial charge < -0.3 is 18.9 Å². The summed E-state index contributed by atoms with van der Waals surface area (Å²) in [5.74, 6) is 0.798. The molecule has 1 saturated heterocycles. The molecule has 0 aliphatic carbocycles. The second-order valence-corrected chi connectivity index (χ2v) is 8.51. The van der Waals surface area contributed by atoms with Crippen LogP contribution in [0.1, 0.15) is 12.0 Å². The summed E-state index contributed by atoms with van der Waals surface area (Å²) >= 11 is 1.69. The minimum atomic E-state index is 0.798. The Labute approximate surface area is 182 Å². The van der Waals surface area contributed by atoms with E-state index >= 15 is 0 Å². The number of para-hydroxylation sites is 2. The minimum absolute atomic E-state index is 0.798. The Bertz CT molecular complexity index is 1020. The monoisotopic (exact) mass is 424 g/mol. The van der Waals surface area contributed by atoms with Crippen LogP contribution in [-0.2, 0) is 11.3 Å². The van der Waals surface area contributed by atoms with Gasteiger partial charge in [0.1, 0.15) is 24.5 Å². The largest absolute Gasteiger partial charge is 0.494 e. The Balaban J connectivity index is 1.65. The van der Waals surface area contributed by atoms with E-state index in [0.717, 1.165) is 62.1 Å². The fourth-order valence-electron chi connectivity index (χ4n) is 3.81. The highest BCUT2D eigenvalue weighted by Gasteiger charge is 2.14. The Morgan fingerprint density at radius 3 is 2.63 bits per heavy atom. The quantitative estimate of drug-likeness (QED) is 0.633. The number of benzene rings is 2. The van der Waals surface area contributed by atoms with Crippen molar-refractivity contribution in [3.63, 3.8) is 0 Å². The molecule has 0 spiro atoms. The molecule has 30 heavy (non-hydrogen) atoms. The van der Waals surface area contributed by atoms with Crippen molar-refractivity contribution in [2.75, 3.05) is 40.0 Å². The molecule has 3 aromatic rings. The van der Waals surface area contributed by atoms with Gasteiger partial charge in [-0.1, -0.05) is 42.0 Å². The first kappa shape index (κ1) is 20.8. The van der Waals surface area contributed by atoms with E-state index in [1.54, 1.807) is 23.3 Å². The highest BCUT2D eigenvalue weighted by Crippen LogP contribution is 2.27. The van der Waals surface area contributed by atoms with Crippen LogP contribution in [-0.4, -0.2) is 44.5 Å². The van der Waals surface area contributed by atoms with Crippen LogP contribution in [0.2, 0.25) is 0 Å². The van der Waals surface area contributed by atoms with Gasteiger partial charge in [-0.3, -0.25) is 0 Å². The Morgan fingerprint density at radius 2 is 1.87 bits per heavy atom. The number of ether oxygens (including phenoxy) is 2. The molecule has 0 unspecified atom stereocenters. The Kier molecular flexibility index (Phi) is 7.00. The molecule has 2 heterocycles. The van der Waals surface area contributed by atoms with Crippen molar-refractivity contribution >= 4 is 17.0 Å². The summed E-state index contributed by atoms with van der Waals surface area (Å²) in [4.78, 5) is 7.61. The van der Waals surface area contributed by atoms with Crippen molar-refractivity contribution < 1.29 is 14.4 Å². The number of nitrogens with zero attached hydrogens (tertiary/aromatic N) is 2. The molecule has 6 heteroatoms. The van der Waals surface area contributed by atoms with E-state index in [1.165, 1.54) is 16.8 Å². The molecule has 1 N–H and O–H groups in total. The van der Waals surface area contributed by atoms with Gasteiger partial charge in [-0.25, -0.2) is 4.99 Å². The Hall–Kier alpha value is -2.41. The van der Waals surface area contributed by atoms with Crippen LogP contribution in [0.15, 0.2) is 58.9 Å². The zero-order valence-corrected chi connectivity index (χ0v) is 18.6. The number of morpholine rings is 1. The van der Waals surface area contributed by atoms with Gasteiger partial charge in [0.2, 0.25) is 0 Å². The molecule has 0 amide bonds. The fraction of sp³-hybridized carbons (Fsp3) is 0.375. The number of hydrogen-bond acceptors (Lipinski definition) is 4. The van der Waals surface area contributed by atoms with E-state index in [1.807, 2.05) is 24.3 Å². The molecule has 0 bridgehead atoms. The summed E-state index contributed by atoms with van der Waals surface area (Å²) in [6.45, 7) is 8.21. The van der Waals surface area contributed by atoms with E-state index in [9.17, 15) is 0 Å². The number of methoxy groups -OCH3 is 1. The van der Waals surface area contributed by atoms with Crippen molar-refractivity contribution in [1.82, 2.24) is 4.57 Å². The third-order valence-electron chi connectivity index (χ3n) is 5.56. The molecule has 0 saturated carbocycles. The molecular formula is C24H30N3O2S+.